The van der Waals surface area contributed by atoms with Crippen LogP contribution in [0.4, 0.5) is 5.69 Å². The van der Waals surface area contributed by atoms with Crippen LogP contribution in [0, 0.1) is 21.4 Å². The second-order valence-corrected chi connectivity index (χ2v) is 3.69. The van der Waals surface area contributed by atoms with E-state index >= 15 is 0 Å². The number of esters is 1. The number of carbonyl (C=O) groups excluding carboxylic acids is 1. The fourth-order valence-electron chi connectivity index (χ4n) is 1.64. The lowest BCUT2D eigenvalue weighted by Crippen LogP contribution is -2.12. The lowest BCUT2D eigenvalue weighted by Gasteiger charge is -2.08. The number of ether oxygens (including phenoxy) is 1. The Balaban J connectivity index is 3.21. The van der Waals surface area contributed by atoms with Crippen molar-refractivity contribution in [3.8, 4) is 6.07 Å². The van der Waals surface area contributed by atoms with Gasteiger partial charge < -0.3 is 10.5 Å². The third-order valence-electron chi connectivity index (χ3n) is 2.50. The smallest absolute Gasteiger partial charge is 0.310 e. The van der Waals surface area contributed by atoms with Crippen LogP contribution in [0.2, 0.25) is 0 Å². The molecule has 0 radical (unpaired) electrons. The molecule has 0 saturated carbocycles. The molecule has 1 aromatic rings. The van der Waals surface area contributed by atoms with Crippen molar-refractivity contribution in [1.29, 1.82) is 5.26 Å². The fraction of sp³-hybridized carbons (Fsp3) is 0.333. The molecule has 0 amide bonds. The number of hydrogen-bond donors (Lipinski definition) is 1. The van der Waals surface area contributed by atoms with Gasteiger partial charge in [-0.15, -0.1) is 0 Å². The molecule has 0 aliphatic rings. The normalized spacial score (nSPS) is 9.74. The van der Waals surface area contributed by atoms with E-state index < -0.39 is 10.9 Å². The van der Waals surface area contributed by atoms with Crippen LogP contribution in [0.25, 0.3) is 0 Å². The van der Waals surface area contributed by atoms with Crippen molar-refractivity contribution in [3.63, 3.8) is 0 Å². The van der Waals surface area contributed by atoms with Gasteiger partial charge in [0.05, 0.1) is 18.0 Å². The number of rotatable bonds is 5. The Kier molecular flexibility index (Phi) is 4.97. The van der Waals surface area contributed by atoms with E-state index in [9.17, 15) is 14.9 Å². The Morgan fingerprint density at radius 2 is 2.21 bits per heavy atom. The molecule has 100 valence electrons. The van der Waals surface area contributed by atoms with Gasteiger partial charge in [0.2, 0.25) is 0 Å². The SMILES string of the molecule is CCOC(=O)Cc1cc(C#N)c([N+](=O)[O-])cc1CN. The van der Waals surface area contributed by atoms with Crippen LogP contribution in [-0.2, 0) is 22.5 Å². The Morgan fingerprint density at radius 1 is 1.53 bits per heavy atom. The first-order valence-corrected chi connectivity index (χ1v) is 5.59. The lowest BCUT2D eigenvalue weighted by molar-refractivity contribution is -0.385. The Hall–Kier alpha value is -2.46. The molecule has 0 spiro atoms. The van der Waals surface area contributed by atoms with Gasteiger partial charge in [-0.25, -0.2) is 0 Å². The summed E-state index contributed by atoms with van der Waals surface area (Å²) in [6.45, 7) is 1.97. The van der Waals surface area contributed by atoms with E-state index in [1.165, 1.54) is 12.1 Å². The second-order valence-electron chi connectivity index (χ2n) is 3.69. The van der Waals surface area contributed by atoms with Crippen LogP contribution in [0.5, 0.6) is 0 Å². The molecule has 0 atom stereocenters. The lowest BCUT2D eigenvalue weighted by atomic mass is 10.00. The van der Waals surface area contributed by atoms with E-state index in [1.54, 1.807) is 13.0 Å². The molecule has 0 saturated heterocycles. The molecule has 2 N–H and O–H groups in total. The molecule has 7 heteroatoms. The van der Waals surface area contributed by atoms with Crippen LogP contribution in [-0.4, -0.2) is 17.5 Å². The van der Waals surface area contributed by atoms with Crippen LogP contribution >= 0.6 is 0 Å². The van der Waals surface area contributed by atoms with Gasteiger partial charge in [0.25, 0.3) is 5.69 Å². The van der Waals surface area contributed by atoms with Crippen molar-refractivity contribution in [2.75, 3.05) is 6.61 Å². The average molecular weight is 263 g/mol. The van der Waals surface area contributed by atoms with Gasteiger partial charge >= 0.3 is 5.97 Å². The van der Waals surface area contributed by atoms with Crippen molar-refractivity contribution in [1.82, 2.24) is 0 Å². The molecule has 0 fully saturated rings. The number of nitrogens with two attached hydrogens (primary N) is 1. The van der Waals surface area contributed by atoms with Crippen molar-refractivity contribution in [3.05, 3.63) is 38.9 Å². The maximum Gasteiger partial charge on any atom is 0.310 e. The van der Waals surface area contributed by atoms with Gasteiger partial charge in [0.1, 0.15) is 11.6 Å². The Morgan fingerprint density at radius 3 is 2.68 bits per heavy atom. The van der Waals surface area contributed by atoms with E-state index in [2.05, 4.69) is 0 Å². The van der Waals surface area contributed by atoms with Crippen LogP contribution in [0.15, 0.2) is 12.1 Å². The molecule has 0 aliphatic carbocycles. The molecule has 0 bridgehead atoms. The van der Waals surface area contributed by atoms with Crippen molar-refractivity contribution < 1.29 is 14.5 Å². The van der Waals surface area contributed by atoms with Gasteiger partial charge in [-0.3, -0.25) is 14.9 Å². The average Bonchev–Trinajstić information content (AvgIpc) is 2.38. The Bertz CT molecular complexity index is 549. The van der Waals surface area contributed by atoms with Crippen molar-refractivity contribution in [2.24, 2.45) is 5.73 Å². The van der Waals surface area contributed by atoms with E-state index in [1.807, 2.05) is 0 Å². The summed E-state index contributed by atoms with van der Waals surface area (Å²) in [5, 5.41) is 19.7. The summed E-state index contributed by atoms with van der Waals surface area (Å²) in [5.41, 5.74) is 6.03. The molecule has 0 heterocycles. The summed E-state index contributed by atoms with van der Waals surface area (Å²) in [7, 11) is 0. The maximum atomic E-state index is 11.4. The number of nitro benzene ring substituents is 1. The molecule has 1 rings (SSSR count). The summed E-state index contributed by atoms with van der Waals surface area (Å²) in [5.74, 6) is -0.463. The predicted octanol–water partition coefficient (Wildman–Crippen LogP) is 1.03. The summed E-state index contributed by atoms with van der Waals surface area (Å²) >= 11 is 0. The highest BCUT2D eigenvalue weighted by molar-refractivity contribution is 5.74. The standard InChI is InChI=1S/C12H13N3O4/c1-2-19-12(16)5-8-3-10(7-14)11(15(17)18)4-9(8)6-13/h3-4H,2,5-6,13H2,1H3. The minimum atomic E-state index is -0.647. The summed E-state index contributed by atoms with van der Waals surface area (Å²) in [6.07, 6.45) is -0.0625. The first-order valence-electron chi connectivity index (χ1n) is 5.59. The van der Waals surface area contributed by atoms with Crippen LogP contribution < -0.4 is 5.73 Å². The van der Waals surface area contributed by atoms with Gasteiger partial charge in [-0.05, 0) is 24.1 Å². The highest BCUT2D eigenvalue weighted by atomic mass is 16.6. The zero-order chi connectivity index (χ0) is 14.4. The fourth-order valence-corrected chi connectivity index (χ4v) is 1.64. The Labute approximate surface area is 109 Å². The molecule has 0 unspecified atom stereocenters. The van der Waals surface area contributed by atoms with Gasteiger partial charge in [-0.2, -0.15) is 5.26 Å². The van der Waals surface area contributed by atoms with Gasteiger partial charge in [0, 0.05) is 12.6 Å². The minimum absolute atomic E-state index is 0.0429. The molecular formula is C12H13N3O4. The third kappa shape index (κ3) is 3.50. The third-order valence-corrected chi connectivity index (χ3v) is 2.50. The van der Waals surface area contributed by atoms with Gasteiger partial charge in [-0.1, -0.05) is 0 Å². The second kappa shape index (κ2) is 6.47. The molecule has 7 nitrogen and oxygen atoms in total. The van der Waals surface area contributed by atoms with E-state index in [-0.39, 0.29) is 30.8 Å². The molecule has 0 aromatic heterocycles. The summed E-state index contributed by atoms with van der Waals surface area (Å²) in [6, 6.07) is 4.29. The number of nitriles is 1. The minimum Gasteiger partial charge on any atom is -0.466 e. The first-order chi connectivity index (χ1) is 9.03. The highest BCUT2D eigenvalue weighted by Crippen LogP contribution is 2.23. The number of benzene rings is 1. The largest absolute Gasteiger partial charge is 0.466 e. The zero-order valence-corrected chi connectivity index (χ0v) is 10.4. The molecule has 0 aliphatic heterocycles. The molecule has 19 heavy (non-hydrogen) atoms. The highest BCUT2D eigenvalue weighted by Gasteiger charge is 2.19. The van der Waals surface area contributed by atoms with Crippen molar-refractivity contribution >= 4 is 11.7 Å². The van der Waals surface area contributed by atoms with E-state index in [0.717, 1.165) is 0 Å². The topological polar surface area (TPSA) is 119 Å². The molecular weight excluding hydrogens is 250 g/mol. The number of hydrogen-bond acceptors (Lipinski definition) is 6. The van der Waals surface area contributed by atoms with Crippen molar-refractivity contribution in [2.45, 2.75) is 19.9 Å². The molecule has 1 aromatic carbocycles. The van der Waals surface area contributed by atoms with Crippen LogP contribution in [0.3, 0.4) is 0 Å². The van der Waals surface area contributed by atoms with E-state index in [4.69, 9.17) is 15.7 Å². The quantitative estimate of drug-likeness (QED) is 0.481. The number of nitrogens with zero attached hydrogens (tertiary/aromatic N) is 2. The number of carbonyl (C=O) groups is 1. The summed E-state index contributed by atoms with van der Waals surface area (Å²) < 4.78 is 4.80. The monoisotopic (exact) mass is 263 g/mol. The summed E-state index contributed by atoms with van der Waals surface area (Å²) in [4.78, 5) is 21.6. The van der Waals surface area contributed by atoms with Gasteiger partial charge in [0.15, 0.2) is 0 Å². The predicted molar refractivity (Wildman–Crippen MR) is 66.0 cm³/mol. The van der Waals surface area contributed by atoms with E-state index in [0.29, 0.717) is 11.1 Å². The zero-order valence-electron chi connectivity index (χ0n) is 10.4. The number of nitro groups is 1. The van der Waals surface area contributed by atoms with Crippen LogP contribution in [0.1, 0.15) is 23.6 Å². The maximum absolute atomic E-state index is 11.4. The first kappa shape index (κ1) is 14.6.